The van der Waals surface area contributed by atoms with E-state index in [1.807, 2.05) is 4.90 Å². The Kier molecular flexibility index (Phi) is 3.84. The molecule has 2 aliphatic carbocycles. The van der Waals surface area contributed by atoms with Crippen LogP contribution in [0.3, 0.4) is 0 Å². The number of piperidine rings is 1. The predicted molar refractivity (Wildman–Crippen MR) is 83.2 cm³/mol. The lowest BCUT2D eigenvalue weighted by Crippen LogP contribution is -2.46. The van der Waals surface area contributed by atoms with Crippen LogP contribution in [0.25, 0.3) is 0 Å². The van der Waals surface area contributed by atoms with E-state index in [1.54, 1.807) is 0 Å². The number of rotatable bonds is 4. The zero-order chi connectivity index (χ0) is 15.1. The molecule has 2 aliphatic heterocycles. The van der Waals surface area contributed by atoms with Crippen LogP contribution in [0.1, 0.15) is 44.9 Å². The maximum atomic E-state index is 12.4. The molecule has 0 spiro atoms. The van der Waals surface area contributed by atoms with Gasteiger partial charge in [-0.3, -0.25) is 14.5 Å². The van der Waals surface area contributed by atoms with Crippen molar-refractivity contribution in [2.24, 2.45) is 11.8 Å². The Bertz CT molecular complexity index is 451. The first-order valence-corrected chi connectivity index (χ1v) is 9.04. The summed E-state index contributed by atoms with van der Waals surface area (Å²) in [6.07, 6.45) is 7.59. The lowest BCUT2D eigenvalue weighted by atomic mass is 9.95. The minimum absolute atomic E-state index is 0.109. The van der Waals surface area contributed by atoms with Crippen molar-refractivity contribution in [2.45, 2.75) is 57.0 Å². The van der Waals surface area contributed by atoms with Crippen molar-refractivity contribution in [3.63, 3.8) is 0 Å². The molecule has 1 N–H and O–H groups in total. The quantitative estimate of drug-likeness (QED) is 0.843. The molecule has 4 rings (SSSR count). The molecule has 0 radical (unpaired) electrons. The normalized spacial score (nSPS) is 30.5. The number of amides is 2. The Hall–Kier alpha value is -1.10. The van der Waals surface area contributed by atoms with Crippen molar-refractivity contribution in [2.75, 3.05) is 26.2 Å². The molecule has 0 bridgehead atoms. The van der Waals surface area contributed by atoms with Gasteiger partial charge in [0.25, 0.3) is 0 Å². The van der Waals surface area contributed by atoms with E-state index in [4.69, 9.17) is 0 Å². The van der Waals surface area contributed by atoms with Gasteiger partial charge in [-0.1, -0.05) is 0 Å². The Morgan fingerprint density at radius 1 is 0.818 bits per heavy atom. The third kappa shape index (κ3) is 3.14. The van der Waals surface area contributed by atoms with Crippen LogP contribution in [0.15, 0.2) is 0 Å². The molecule has 0 aromatic rings. The van der Waals surface area contributed by atoms with Crippen molar-refractivity contribution in [3.8, 4) is 0 Å². The minimum Gasteiger partial charge on any atom is -0.352 e. The summed E-state index contributed by atoms with van der Waals surface area (Å²) in [5, 5.41) is 3.26. The number of hydrogen-bond acceptors (Lipinski definition) is 3. The summed E-state index contributed by atoms with van der Waals surface area (Å²) < 4.78 is 0. The van der Waals surface area contributed by atoms with Gasteiger partial charge in [-0.25, -0.2) is 0 Å². The fourth-order valence-electron chi connectivity index (χ4n) is 3.95. The molecular formula is C17H27N3O2. The van der Waals surface area contributed by atoms with Gasteiger partial charge in [-0.15, -0.1) is 0 Å². The Balaban J connectivity index is 1.21. The number of likely N-dealkylation sites (tertiary alicyclic amines) is 2. The van der Waals surface area contributed by atoms with Crippen molar-refractivity contribution in [1.82, 2.24) is 15.1 Å². The van der Waals surface area contributed by atoms with E-state index < -0.39 is 0 Å². The van der Waals surface area contributed by atoms with Gasteiger partial charge in [0.05, 0.1) is 0 Å². The second-order valence-electron chi connectivity index (χ2n) is 7.59. The highest BCUT2D eigenvalue weighted by molar-refractivity contribution is 5.82. The van der Waals surface area contributed by atoms with E-state index in [1.165, 1.54) is 12.8 Å². The van der Waals surface area contributed by atoms with Crippen LogP contribution < -0.4 is 5.32 Å². The largest absolute Gasteiger partial charge is 0.352 e. The molecule has 2 heterocycles. The number of carbonyl (C=O) groups excluding carboxylic acids is 2. The molecule has 2 saturated carbocycles. The first-order valence-electron chi connectivity index (χ1n) is 9.04. The van der Waals surface area contributed by atoms with Gasteiger partial charge in [-0.2, -0.15) is 0 Å². The minimum atomic E-state index is 0.109. The molecule has 0 aromatic carbocycles. The van der Waals surface area contributed by atoms with Crippen LogP contribution in [0.4, 0.5) is 0 Å². The van der Waals surface area contributed by atoms with Gasteiger partial charge in [-0.05, 0) is 44.9 Å². The maximum Gasteiger partial charge on any atom is 0.225 e. The predicted octanol–water partition coefficient (Wildman–Crippen LogP) is 0.988. The topological polar surface area (TPSA) is 52.7 Å². The smallest absolute Gasteiger partial charge is 0.225 e. The highest BCUT2D eigenvalue weighted by Crippen LogP contribution is 2.33. The second kappa shape index (κ2) is 5.84. The highest BCUT2D eigenvalue weighted by atomic mass is 16.2. The zero-order valence-electron chi connectivity index (χ0n) is 13.3. The molecule has 5 heteroatoms. The van der Waals surface area contributed by atoms with E-state index in [-0.39, 0.29) is 11.8 Å². The molecule has 0 aromatic heterocycles. The fraction of sp³-hybridized carbons (Fsp3) is 0.882. The van der Waals surface area contributed by atoms with Crippen molar-refractivity contribution in [3.05, 3.63) is 0 Å². The molecule has 0 unspecified atom stereocenters. The van der Waals surface area contributed by atoms with E-state index in [9.17, 15) is 9.59 Å². The summed E-state index contributed by atoms with van der Waals surface area (Å²) in [5.74, 6) is 0.964. The van der Waals surface area contributed by atoms with Crippen LogP contribution >= 0.6 is 0 Å². The summed E-state index contributed by atoms with van der Waals surface area (Å²) in [6, 6.07) is 1.15. The van der Waals surface area contributed by atoms with Crippen LogP contribution in [-0.4, -0.2) is 59.9 Å². The number of hydrogen-bond donors (Lipinski definition) is 1. The van der Waals surface area contributed by atoms with Gasteiger partial charge in [0.1, 0.15) is 0 Å². The number of nitrogens with one attached hydrogen (secondary N) is 1. The SMILES string of the molecule is O=C(N[C@H]1CCN(C2CC2)C1)C1CCN(C(=O)C2CC2)CC1. The van der Waals surface area contributed by atoms with Gasteiger partial charge in [0.15, 0.2) is 0 Å². The number of nitrogens with zero attached hydrogens (tertiary/aromatic N) is 2. The Labute approximate surface area is 132 Å². The molecule has 2 amide bonds. The van der Waals surface area contributed by atoms with Gasteiger partial charge >= 0.3 is 0 Å². The molecule has 1 atom stereocenters. The third-order valence-corrected chi connectivity index (χ3v) is 5.73. The van der Waals surface area contributed by atoms with E-state index in [2.05, 4.69) is 10.2 Å². The lowest BCUT2D eigenvalue weighted by molar-refractivity contribution is -0.136. The Morgan fingerprint density at radius 2 is 1.55 bits per heavy atom. The summed E-state index contributed by atoms with van der Waals surface area (Å²) in [5.41, 5.74) is 0. The van der Waals surface area contributed by atoms with Crippen LogP contribution in [0.5, 0.6) is 0 Å². The third-order valence-electron chi connectivity index (χ3n) is 5.73. The van der Waals surface area contributed by atoms with Gasteiger partial charge in [0, 0.05) is 50.1 Å². The van der Waals surface area contributed by atoms with Crippen LogP contribution in [0.2, 0.25) is 0 Å². The first kappa shape index (κ1) is 14.5. The van der Waals surface area contributed by atoms with Crippen LogP contribution in [0, 0.1) is 11.8 Å². The summed E-state index contributed by atoms with van der Waals surface area (Å²) in [7, 11) is 0. The summed E-state index contributed by atoms with van der Waals surface area (Å²) in [4.78, 5) is 29.0. The van der Waals surface area contributed by atoms with Crippen molar-refractivity contribution in [1.29, 1.82) is 0 Å². The summed E-state index contributed by atoms with van der Waals surface area (Å²) in [6.45, 7) is 3.72. The molecule has 122 valence electrons. The average Bonchev–Trinajstić information content (AvgIpc) is 3.45. The zero-order valence-corrected chi connectivity index (χ0v) is 13.3. The van der Waals surface area contributed by atoms with Gasteiger partial charge in [0.2, 0.25) is 11.8 Å². The summed E-state index contributed by atoms with van der Waals surface area (Å²) >= 11 is 0. The monoisotopic (exact) mass is 305 g/mol. The van der Waals surface area contributed by atoms with Crippen LogP contribution in [-0.2, 0) is 9.59 Å². The molecule has 2 saturated heterocycles. The van der Waals surface area contributed by atoms with E-state index in [0.29, 0.717) is 17.9 Å². The van der Waals surface area contributed by atoms with Crippen molar-refractivity contribution < 1.29 is 9.59 Å². The molecule has 4 fully saturated rings. The molecule has 4 aliphatic rings. The van der Waals surface area contributed by atoms with Gasteiger partial charge < -0.3 is 10.2 Å². The Morgan fingerprint density at radius 3 is 2.18 bits per heavy atom. The van der Waals surface area contributed by atoms with E-state index in [0.717, 1.165) is 64.3 Å². The first-order chi connectivity index (χ1) is 10.7. The number of carbonyl (C=O) groups is 2. The highest BCUT2D eigenvalue weighted by Gasteiger charge is 2.38. The lowest BCUT2D eigenvalue weighted by Gasteiger charge is -2.32. The average molecular weight is 305 g/mol. The molecule has 22 heavy (non-hydrogen) atoms. The second-order valence-corrected chi connectivity index (χ2v) is 7.59. The fourth-order valence-corrected chi connectivity index (χ4v) is 3.95. The van der Waals surface area contributed by atoms with Crippen molar-refractivity contribution >= 4 is 11.8 Å². The molecule has 5 nitrogen and oxygen atoms in total. The molecular weight excluding hydrogens is 278 g/mol. The van der Waals surface area contributed by atoms with E-state index >= 15 is 0 Å². The maximum absolute atomic E-state index is 12.4. The standard InChI is InChI=1S/C17H27N3O2/c21-16(18-14-7-10-20(11-14)15-3-4-15)12-5-8-19(9-6-12)17(22)13-1-2-13/h12-15H,1-11H2,(H,18,21)/t14-/m0/s1.